The number of carbonyl (C=O) groups is 2. The molecule has 330 valence electrons. The maximum Gasteiger partial charge on any atom is 0.261 e. The van der Waals surface area contributed by atoms with Crippen LogP contribution in [0.3, 0.4) is 0 Å². The second-order valence-electron chi connectivity index (χ2n) is 13.1. The standard InChI is InChI=1S/C42H73NO14/c1-2-3-4-5-6-7-8-11-15-46-17-19-48-21-23-50-25-27-52-29-31-54-33-35-56-37-38-57-36-34-55-32-30-53-28-26-51-24-22-49-20-18-47-16-14-43-41(44)39-12-9-10-13-40(39)42(43)45/h9-10,12-13H,2-8,11,14-38H2,1H3. The lowest BCUT2D eigenvalue weighted by molar-refractivity contribution is -0.0284. The average Bonchev–Trinajstić information content (AvgIpc) is 3.47. The molecule has 0 saturated heterocycles. The molecule has 1 aliphatic rings. The van der Waals surface area contributed by atoms with Gasteiger partial charge in [-0.25, -0.2) is 0 Å². The summed E-state index contributed by atoms with van der Waals surface area (Å²) in [6.45, 7) is 14.5. The lowest BCUT2D eigenvalue weighted by atomic mass is 10.1. The van der Waals surface area contributed by atoms with Crippen molar-refractivity contribution in [2.24, 2.45) is 0 Å². The predicted octanol–water partition coefficient (Wildman–Crippen LogP) is 4.62. The van der Waals surface area contributed by atoms with E-state index >= 15 is 0 Å². The Hall–Kier alpha value is -2.12. The molecule has 0 aromatic heterocycles. The topological polar surface area (TPSA) is 148 Å². The number of nitrogens with zero attached hydrogens (tertiary/aromatic N) is 1. The molecule has 0 unspecified atom stereocenters. The Morgan fingerprint density at radius 3 is 0.877 bits per heavy atom. The summed E-state index contributed by atoms with van der Waals surface area (Å²) in [7, 11) is 0. The van der Waals surface area contributed by atoms with E-state index in [1.165, 1.54) is 49.8 Å². The van der Waals surface area contributed by atoms with E-state index in [1.54, 1.807) is 24.3 Å². The highest BCUT2D eigenvalue weighted by Crippen LogP contribution is 2.21. The predicted molar refractivity (Wildman–Crippen MR) is 214 cm³/mol. The molecule has 15 nitrogen and oxygen atoms in total. The number of carbonyl (C=O) groups excluding carboxylic acids is 2. The maximum atomic E-state index is 12.3. The lowest BCUT2D eigenvalue weighted by Gasteiger charge is -2.13. The van der Waals surface area contributed by atoms with Gasteiger partial charge in [-0.3, -0.25) is 14.5 Å². The minimum atomic E-state index is -0.277. The number of ether oxygens (including phenoxy) is 12. The molecule has 0 aliphatic carbocycles. The van der Waals surface area contributed by atoms with Gasteiger partial charge in [0.25, 0.3) is 11.8 Å². The fourth-order valence-corrected chi connectivity index (χ4v) is 5.46. The third kappa shape index (κ3) is 28.9. The smallest absolute Gasteiger partial charge is 0.261 e. The van der Waals surface area contributed by atoms with Gasteiger partial charge in [0, 0.05) is 6.61 Å². The van der Waals surface area contributed by atoms with Crippen molar-refractivity contribution in [3.63, 3.8) is 0 Å². The van der Waals surface area contributed by atoms with E-state index in [0.717, 1.165) is 13.0 Å². The molecule has 0 fully saturated rings. The molecule has 0 N–H and O–H groups in total. The van der Waals surface area contributed by atoms with E-state index in [4.69, 9.17) is 56.8 Å². The second kappa shape index (κ2) is 39.3. The van der Waals surface area contributed by atoms with Gasteiger partial charge in [0.1, 0.15) is 0 Å². The summed E-state index contributed by atoms with van der Waals surface area (Å²) in [4.78, 5) is 25.9. The summed E-state index contributed by atoms with van der Waals surface area (Å²) < 4.78 is 66.2. The maximum absolute atomic E-state index is 12.3. The van der Waals surface area contributed by atoms with Gasteiger partial charge in [-0.1, -0.05) is 64.0 Å². The molecule has 2 rings (SSSR count). The van der Waals surface area contributed by atoms with E-state index in [1.807, 2.05) is 0 Å². The number of benzene rings is 1. The van der Waals surface area contributed by atoms with Crippen molar-refractivity contribution in [3.05, 3.63) is 35.4 Å². The summed E-state index contributed by atoms with van der Waals surface area (Å²) in [5.74, 6) is -0.554. The van der Waals surface area contributed by atoms with E-state index in [9.17, 15) is 9.59 Å². The molecular weight excluding hydrogens is 742 g/mol. The van der Waals surface area contributed by atoms with E-state index in [-0.39, 0.29) is 25.0 Å². The van der Waals surface area contributed by atoms with Crippen LogP contribution in [0.1, 0.15) is 79.0 Å². The van der Waals surface area contributed by atoms with Crippen LogP contribution >= 0.6 is 0 Å². The number of rotatable bonds is 45. The van der Waals surface area contributed by atoms with Crippen LogP contribution in [0.15, 0.2) is 24.3 Å². The highest BCUT2D eigenvalue weighted by atomic mass is 16.6. The van der Waals surface area contributed by atoms with Crippen molar-refractivity contribution in [2.45, 2.75) is 58.3 Å². The minimum Gasteiger partial charge on any atom is -0.379 e. The molecular formula is C42H73NO14. The highest BCUT2D eigenvalue weighted by Gasteiger charge is 2.34. The average molecular weight is 816 g/mol. The molecule has 1 aliphatic heterocycles. The zero-order valence-corrected chi connectivity index (χ0v) is 34.8. The van der Waals surface area contributed by atoms with Crippen LogP contribution in [0, 0.1) is 0 Å². The van der Waals surface area contributed by atoms with Gasteiger partial charge in [-0.05, 0) is 18.6 Å². The molecule has 2 amide bonds. The van der Waals surface area contributed by atoms with E-state index in [0.29, 0.717) is 156 Å². The van der Waals surface area contributed by atoms with Crippen molar-refractivity contribution in [1.29, 1.82) is 0 Å². The summed E-state index contributed by atoms with van der Waals surface area (Å²) in [5, 5.41) is 0. The lowest BCUT2D eigenvalue weighted by Crippen LogP contribution is -2.33. The van der Waals surface area contributed by atoms with Gasteiger partial charge in [-0.15, -0.1) is 0 Å². The minimum absolute atomic E-state index is 0.214. The molecule has 1 aromatic carbocycles. The van der Waals surface area contributed by atoms with Crippen LogP contribution in [0.25, 0.3) is 0 Å². The Morgan fingerprint density at radius 2 is 0.579 bits per heavy atom. The highest BCUT2D eigenvalue weighted by molar-refractivity contribution is 6.21. The first-order chi connectivity index (χ1) is 28.3. The molecule has 0 bridgehead atoms. The van der Waals surface area contributed by atoms with Crippen LogP contribution in [0.2, 0.25) is 0 Å². The van der Waals surface area contributed by atoms with Crippen LogP contribution in [0.4, 0.5) is 0 Å². The van der Waals surface area contributed by atoms with Crippen LogP contribution in [0.5, 0.6) is 0 Å². The van der Waals surface area contributed by atoms with Crippen molar-refractivity contribution >= 4 is 11.8 Å². The number of hydrogen-bond acceptors (Lipinski definition) is 14. The van der Waals surface area contributed by atoms with Gasteiger partial charge in [0.2, 0.25) is 0 Å². The largest absolute Gasteiger partial charge is 0.379 e. The number of amides is 2. The molecule has 0 spiro atoms. The fourth-order valence-electron chi connectivity index (χ4n) is 5.46. The van der Waals surface area contributed by atoms with E-state index < -0.39 is 0 Å². The van der Waals surface area contributed by atoms with Crippen molar-refractivity contribution in [1.82, 2.24) is 4.90 Å². The first-order valence-electron chi connectivity index (χ1n) is 21.1. The Bertz CT molecular complexity index is 1030. The first kappa shape index (κ1) is 51.0. The quantitative estimate of drug-likeness (QED) is 0.0666. The molecule has 0 radical (unpaired) electrons. The Morgan fingerprint density at radius 1 is 0.333 bits per heavy atom. The number of hydrogen-bond donors (Lipinski definition) is 0. The van der Waals surface area contributed by atoms with Gasteiger partial charge >= 0.3 is 0 Å². The normalized spacial score (nSPS) is 12.7. The Kier molecular flexibility index (Phi) is 35.2. The van der Waals surface area contributed by atoms with Crippen LogP contribution < -0.4 is 0 Å². The third-order valence-corrected chi connectivity index (χ3v) is 8.57. The van der Waals surface area contributed by atoms with Crippen LogP contribution in [-0.2, 0) is 56.8 Å². The molecule has 15 heteroatoms. The van der Waals surface area contributed by atoms with Gasteiger partial charge in [0.05, 0.1) is 170 Å². The summed E-state index contributed by atoms with van der Waals surface area (Å²) in [6.07, 6.45) is 10.5. The molecule has 0 atom stereocenters. The van der Waals surface area contributed by atoms with Gasteiger partial charge < -0.3 is 56.8 Å². The van der Waals surface area contributed by atoms with Crippen molar-refractivity contribution in [2.75, 3.05) is 165 Å². The van der Waals surface area contributed by atoms with E-state index in [2.05, 4.69) is 6.92 Å². The Balaban J connectivity index is 1.14. The SMILES string of the molecule is CCCCCCCCCCOCCOCCOCCOCCOCCOCCOCCOCCOCCOCCOCCOCCN1C(=O)c2ccccc2C1=O. The first-order valence-corrected chi connectivity index (χ1v) is 21.1. The summed E-state index contributed by atoms with van der Waals surface area (Å²) in [5.41, 5.74) is 0.885. The van der Waals surface area contributed by atoms with Crippen molar-refractivity contribution in [3.8, 4) is 0 Å². The second-order valence-corrected chi connectivity index (χ2v) is 13.1. The van der Waals surface area contributed by atoms with Gasteiger partial charge in [-0.2, -0.15) is 0 Å². The Labute approximate surface area is 341 Å². The molecule has 1 heterocycles. The number of imide groups is 1. The monoisotopic (exact) mass is 816 g/mol. The molecule has 57 heavy (non-hydrogen) atoms. The van der Waals surface area contributed by atoms with Crippen LogP contribution in [-0.4, -0.2) is 182 Å². The number of unbranched alkanes of at least 4 members (excludes halogenated alkanes) is 7. The molecule has 1 aromatic rings. The zero-order valence-electron chi connectivity index (χ0n) is 34.8. The van der Waals surface area contributed by atoms with Crippen molar-refractivity contribution < 1.29 is 66.4 Å². The number of fused-ring (bicyclic) bond motifs is 1. The third-order valence-electron chi connectivity index (χ3n) is 8.57. The summed E-state index contributed by atoms with van der Waals surface area (Å²) in [6, 6.07) is 6.83. The van der Waals surface area contributed by atoms with Gasteiger partial charge in [0.15, 0.2) is 0 Å². The molecule has 0 saturated carbocycles. The zero-order chi connectivity index (χ0) is 40.5. The fraction of sp³-hybridized carbons (Fsp3) is 0.810. The summed E-state index contributed by atoms with van der Waals surface area (Å²) >= 11 is 0.